The molecule has 0 aliphatic rings. The Morgan fingerprint density at radius 1 is 1.25 bits per heavy atom. The second-order valence-corrected chi connectivity index (χ2v) is 7.21. The van der Waals surface area contributed by atoms with Gasteiger partial charge in [0.15, 0.2) is 11.5 Å². The first-order chi connectivity index (χ1) is 13.8. The molecule has 0 fully saturated rings. The highest BCUT2D eigenvalue weighted by Crippen LogP contribution is 2.27. The predicted octanol–water partition coefficient (Wildman–Crippen LogP) is 3.61. The van der Waals surface area contributed by atoms with Crippen LogP contribution < -0.4 is 5.32 Å². The van der Waals surface area contributed by atoms with Crippen LogP contribution in [0.4, 0.5) is 10.8 Å². The lowest BCUT2D eigenvalue weighted by Gasteiger charge is -2.07. The van der Waals surface area contributed by atoms with Crippen LogP contribution in [0.5, 0.6) is 0 Å². The summed E-state index contributed by atoms with van der Waals surface area (Å²) in [5.74, 6) is 0.700. The molecular formula is C19H16N8S. The summed E-state index contributed by atoms with van der Waals surface area (Å²) >= 11 is 1.41. The molecule has 0 amide bonds. The number of fused-ring (bicyclic) bond motifs is 1. The van der Waals surface area contributed by atoms with E-state index < -0.39 is 0 Å². The molecule has 0 saturated carbocycles. The third-order valence-corrected chi connectivity index (χ3v) is 5.06. The summed E-state index contributed by atoms with van der Waals surface area (Å²) in [7, 11) is 0. The lowest BCUT2D eigenvalue weighted by atomic mass is 10.2. The monoisotopic (exact) mass is 388 g/mol. The lowest BCUT2D eigenvalue weighted by Crippen LogP contribution is -2.00. The molecule has 0 atom stereocenters. The Labute approximate surface area is 164 Å². The first-order valence-corrected chi connectivity index (χ1v) is 9.49. The van der Waals surface area contributed by atoms with Crippen molar-refractivity contribution < 1.29 is 0 Å². The molecule has 0 aliphatic carbocycles. The maximum Gasteiger partial charge on any atom is 0.180 e. The van der Waals surface area contributed by atoms with E-state index in [1.807, 2.05) is 54.3 Å². The maximum atomic E-state index is 4.64. The summed E-state index contributed by atoms with van der Waals surface area (Å²) in [6.07, 6.45) is 11.8. The molecule has 8 nitrogen and oxygen atoms in total. The highest BCUT2D eigenvalue weighted by molar-refractivity contribution is 7.10. The second kappa shape index (κ2) is 6.86. The van der Waals surface area contributed by atoms with Crippen LogP contribution in [0.2, 0.25) is 0 Å². The predicted molar refractivity (Wildman–Crippen MR) is 108 cm³/mol. The molecular weight excluding hydrogens is 372 g/mol. The van der Waals surface area contributed by atoms with Gasteiger partial charge in [-0.15, -0.1) is 0 Å². The van der Waals surface area contributed by atoms with Crippen LogP contribution >= 0.6 is 11.5 Å². The number of nitrogens with zero attached hydrogens (tertiary/aromatic N) is 6. The number of rotatable bonds is 5. The van der Waals surface area contributed by atoms with Crippen LogP contribution in [0, 0.1) is 6.92 Å². The van der Waals surface area contributed by atoms with Crippen molar-refractivity contribution in [2.24, 2.45) is 0 Å². The van der Waals surface area contributed by atoms with Gasteiger partial charge in [-0.05, 0) is 36.2 Å². The zero-order valence-corrected chi connectivity index (χ0v) is 15.8. The summed E-state index contributed by atoms with van der Waals surface area (Å²) < 4.78 is 6.56. The molecule has 0 unspecified atom stereocenters. The number of nitrogens with one attached hydrogen (secondary N) is 2. The Morgan fingerprint density at radius 3 is 3.04 bits per heavy atom. The largest absolute Gasteiger partial charge is 0.328 e. The van der Waals surface area contributed by atoms with Gasteiger partial charge < -0.3 is 5.32 Å². The average Bonchev–Trinajstić information content (AvgIpc) is 3.43. The van der Waals surface area contributed by atoms with E-state index in [9.17, 15) is 0 Å². The van der Waals surface area contributed by atoms with E-state index in [0.717, 1.165) is 45.3 Å². The molecule has 0 aliphatic heterocycles. The molecule has 0 saturated heterocycles. The van der Waals surface area contributed by atoms with Gasteiger partial charge in [0.1, 0.15) is 5.00 Å². The summed E-state index contributed by atoms with van der Waals surface area (Å²) in [6.45, 7) is 1.96. The normalized spacial score (nSPS) is 11.2. The molecule has 0 aromatic carbocycles. The number of pyridine rings is 1. The third kappa shape index (κ3) is 3.12. The lowest BCUT2D eigenvalue weighted by molar-refractivity contribution is 1.08. The number of H-pyrrole nitrogens is 1. The molecule has 0 spiro atoms. The molecule has 5 rings (SSSR count). The number of hydrogen-bond acceptors (Lipinski definition) is 7. The summed E-state index contributed by atoms with van der Waals surface area (Å²) in [4.78, 5) is 13.3. The van der Waals surface area contributed by atoms with Crippen LogP contribution in [-0.4, -0.2) is 33.9 Å². The van der Waals surface area contributed by atoms with Gasteiger partial charge in [-0.2, -0.15) is 9.47 Å². The van der Waals surface area contributed by atoms with E-state index >= 15 is 0 Å². The van der Waals surface area contributed by atoms with Gasteiger partial charge in [0.05, 0.1) is 29.5 Å². The molecule has 5 aromatic rings. The topological polar surface area (TPSA) is 96.7 Å². The number of anilines is 2. The Bertz CT molecular complexity index is 1220. The van der Waals surface area contributed by atoms with Gasteiger partial charge in [-0.3, -0.25) is 14.5 Å². The Kier molecular flexibility index (Phi) is 4.06. The Morgan fingerprint density at radius 2 is 2.21 bits per heavy atom. The SMILES string of the molecule is Cc1cn2c(-c3cn[nH]c3)cnc2c(Nc2cc(Cc3cccnc3)ns2)n1. The highest BCUT2D eigenvalue weighted by Gasteiger charge is 2.13. The first kappa shape index (κ1) is 16.6. The number of aryl methyl sites for hydroxylation is 1. The first-order valence-electron chi connectivity index (χ1n) is 8.71. The Hall–Kier alpha value is -3.59. The molecule has 5 heterocycles. The van der Waals surface area contributed by atoms with Crippen molar-refractivity contribution in [3.8, 4) is 11.3 Å². The van der Waals surface area contributed by atoms with Crippen molar-refractivity contribution in [2.75, 3.05) is 5.32 Å². The molecule has 28 heavy (non-hydrogen) atoms. The van der Waals surface area contributed by atoms with Gasteiger partial charge in [0.25, 0.3) is 0 Å². The highest BCUT2D eigenvalue weighted by atomic mass is 32.1. The van der Waals surface area contributed by atoms with Gasteiger partial charge >= 0.3 is 0 Å². The third-order valence-electron chi connectivity index (χ3n) is 4.32. The van der Waals surface area contributed by atoms with Crippen LogP contribution in [0.15, 0.2) is 55.4 Å². The van der Waals surface area contributed by atoms with E-state index in [2.05, 4.69) is 34.8 Å². The average molecular weight is 388 g/mol. The number of aromatic nitrogens is 7. The molecule has 5 aromatic heterocycles. The minimum Gasteiger partial charge on any atom is -0.328 e. The summed E-state index contributed by atoms with van der Waals surface area (Å²) in [5, 5.41) is 11.2. The van der Waals surface area contributed by atoms with Crippen molar-refractivity contribution in [1.29, 1.82) is 0 Å². The van der Waals surface area contributed by atoms with Crippen molar-refractivity contribution in [2.45, 2.75) is 13.3 Å². The minimum atomic E-state index is 0.700. The Balaban J connectivity index is 1.46. The van der Waals surface area contributed by atoms with E-state index in [1.54, 1.807) is 12.4 Å². The van der Waals surface area contributed by atoms with E-state index in [-0.39, 0.29) is 0 Å². The zero-order chi connectivity index (χ0) is 18.9. The molecule has 9 heteroatoms. The van der Waals surface area contributed by atoms with Crippen LogP contribution in [0.1, 0.15) is 17.0 Å². The van der Waals surface area contributed by atoms with E-state index in [1.165, 1.54) is 11.5 Å². The fourth-order valence-electron chi connectivity index (χ4n) is 3.08. The van der Waals surface area contributed by atoms with Gasteiger partial charge in [-0.25, -0.2) is 9.97 Å². The number of hydrogen-bond donors (Lipinski definition) is 2. The summed E-state index contributed by atoms with van der Waals surface area (Å²) in [6, 6.07) is 6.02. The van der Waals surface area contributed by atoms with Gasteiger partial charge in [0.2, 0.25) is 0 Å². The van der Waals surface area contributed by atoms with Crippen LogP contribution in [-0.2, 0) is 6.42 Å². The van der Waals surface area contributed by atoms with Crippen molar-refractivity contribution in [3.05, 3.63) is 72.3 Å². The number of aromatic amines is 1. The minimum absolute atomic E-state index is 0.700. The molecule has 0 bridgehead atoms. The van der Waals surface area contributed by atoms with E-state index in [4.69, 9.17) is 0 Å². The van der Waals surface area contributed by atoms with E-state index in [0.29, 0.717) is 5.82 Å². The van der Waals surface area contributed by atoms with Gasteiger partial charge in [-0.1, -0.05) is 6.07 Å². The second-order valence-electron chi connectivity index (χ2n) is 6.40. The van der Waals surface area contributed by atoms with Crippen LogP contribution in [0.25, 0.3) is 16.9 Å². The maximum absolute atomic E-state index is 4.64. The molecule has 138 valence electrons. The quantitative estimate of drug-likeness (QED) is 0.477. The summed E-state index contributed by atoms with van der Waals surface area (Å²) in [5.41, 5.74) is 5.70. The molecule has 0 radical (unpaired) electrons. The van der Waals surface area contributed by atoms with Crippen molar-refractivity contribution >= 4 is 28.0 Å². The van der Waals surface area contributed by atoms with Gasteiger partial charge in [0, 0.05) is 36.8 Å². The number of imidazole rings is 1. The van der Waals surface area contributed by atoms with Crippen LogP contribution in [0.3, 0.4) is 0 Å². The fraction of sp³-hybridized carbons (Fsp3) is 0.105. The smallest absolute Gasteiger partial charge is 0.180 e. The standard InChI is InChI=1S/C19H16N8S/c1-12-11-27-16(14-8-22-23-9-14)10-21-19(27)18(24-12)25-17-6-15(26-28-17)5-13-3-2-4-20-7-13/h2-4,6-11H,5H2,1H3,(H,22,23)(H,24,25). The molecule has 2 N–H and O–H groups in total. The zero-order valence-electron chi connectivity index (χ0n) is 15.0. The van der Waals surface area contributed by atoms with Crippen molar-refractivity contribution in [3.63, 3.8) is 0 Å². The van der Waals surface area contributed by atoms with Crippen molar-refractivity contribution in [1.82, 2.24) is 33.9 Å². The fourth-order valence-corrected chi connectivity index (χ4v) is 3.74.